The summed E-state index contributed by atoms with van der Waals surface area (Å²) in [6.45, 7) is 3.68. The summed E-state index contributed by atoms with van der Waals surface area (Å²) in [5, 5.41) is 8.95. The number of likely N-dealkylation sites (tertiary alicyclic amines) is 1. The second-order valence-electron chi connectivity index (χ2n) is 5.10. The van der Waals surface area contributed by atoms with E-state index in [9.17, 15) is 4.79 Å². The minimum absolute atomic E-state index is 0.0544. The molecule has 1 saturated heterocycles. The maximum absolute atomic E-state index is 12.4. The quantitative estimate of drug-likeness (QED) is 0.902. The minimum atomic E-state index is 0.0544. The van der Waals surface area contributed by atoms with E-state index < -0.39 is 0 Å². The van der Waals surface area contributed by atoms with Crippen LogP contribution in [0.2, 0.25) is 0 Å². The molecule has 0 radical (unpaired) electrons. The minimum Gasteiger partial charge on any atom is -0.496 e. The Balaban J connectivity index is 2.08. The molecule has 1 amide bonds. The third-order valence-electron chi connectivity index (χ3n) is 3.77. The molecular weight excluding hydrogens is 242 g/mol. The lowest BCUT2D eigenvalue weighted by molar-refractivity contribution is 0.0784. The van der Waals surface area contributed by atoms with Crippen LogP contribution in [0.15, 0.2) is 18.2 Å². The number of methoxy groups -OCH3 is 1. The number of hydrogen-bond acceptors (Lipinski definition) is 3. The molecule has 1 N–H and O–H groups in total. The number of nitrogens with zero attached hydrogens (tertiary/aromatic N) is 1. The molecule has 4 nitrogen and oxygen atoms in total. The Labute approximate surface area is 114 Å². The standard InChI is InChI=1S/C15H21NO3/c1-11-3-4-13(9-14(11)19-2)15(18)16-7-5-12(10-16)6-8-17/h3-4,9,12,17H,5-8,10H2,1-2H3. The predicted octanol–water partition coefficient (Wildman–Crippen LogP) is 1.85. The van der Waals surface area contributed by atoms with Gasteiger partial charge in [0.1, 0.15) is 5.75 Å². The van der Waals surface area contributed by atoms with Crippen molar-refractivity contribution in [2.45, 2.75) is 19.8 Å². The van der Waals surface area contributed by atoms with Gasteiger partial charge in [-0.25, -0.2) is 0 Å². The molecule has 1 atom stereocenters. The topological polar surface area (TPSA) is 49.8 Å². The number of aliphatic hydroxyl groups is 1. The zero-order chi connectivity index (χ0) is 13.8. The molecule has 1 aliphatic heterocycles. The first-order valence-electron chi connectivity index (χ1n) is 6.70. The molecule has 1 aromatic carbocycles. The molecule has 1 aliphatic rings. The smallest absolute Gasteiger partial charge is 0.253 e. The highest BCUT2D eigenvalue weighted by Crippen LogP contribution is 2.24. The summed E-state index contributed by atoms with van der Waals surface area (Å²) < 4.78 is 5.25. The van der Waals surface area contributed by atoms with Crippen LogP contribution in [0.5, 0.6) is 5.75 Å². The van der Waals surface area contributed by atoms with Gasteiger partial charge in [-0.05, 0) is 43.4 Å². The van der Waals surface area contributed by atoms with E-state index in [2.05, 4.69) is 0 Å². The molecule has 1 aromatic rings. The maximum Gasteiger partial charge on any atom is 0.253 e. The molecule has 104 valence electrons. The van der Waals surface area contributed by atoms with Crippen molar-refractivity contribution in [2.24, 2.45) is 5.92 Å². The Morgan fingerprint density at radius 2 is 2.32 bits per heavy atom. The zero-order valence-corrected chi connectivity index (χ0v) is 11.6. The lowest BCUT2D eigenvalue weighted by Crippen LogP contribution is -2.28. The van der Waals surface area contributed by atoms with Crippen LogP contribution in [0.25, 0.3) is 0 Å². The average molecular weight is 263 g/mol. The van der Waals surface area contributed by atoms with Gasteiger partial charge in [0.2, 0.25) is 0 Å². The van der Waals surface area contributed by atoms with Gasteiger partial charge in [-0.1, -0.05) is 6.07 Å². The first-order chi connectivity index (χ1) is 9.15. The van der Waals surface area contributed by atoms with Crippen molar-refractivity contribution in [1.29, 1.82) is 0 Å². The summed E-state index contributed by atoms with van der Waals surface area (Å²) in [5.41, 5.74) is 1.70. The molecule has 1 unspecified atom stereocenters. The Morgan fingerprint density at radius 3 is 3.00 bits per heavy atom. The summed E-state index contributed by atoms with van der Waals surface area (Å²) in [4.78, 5) is 14.2. The molecule has 1 heterocycles. The van der Waals surface area contributed by atoms with Gasteiger partial charge in [0, 0.05) is 25.3 Å². The predicted molar refractivity (Wildman–Crippen MR) is 73.4 cm³/mol. The van der Waals surface area contributed by atoms with Crippen LogP contribution in [-0.4, -0.2) is 42.7 Å². The van der Waals surface area contributed by atoms with E-state index in [4.69, 9.17) is 9.84 Å². The number of aliphatic hydroxyl groups excluding tert-OH is 1. The molecular formula is C15H21NO3. The molecule has 0 bridgehead atoms. The van der Waals surface area contributed by atoms with Crippen LogP contribution < -0.4 is 4.74 Å². The number of carbonyl (C=O) groups is 1. The van der Waals surface area contributed by atoms with Crippen molar-refractivity contribution in [1.82, 2.24) is 4.90 Å². The van der Waals surface area contributed by atoms with Gasteiger partial charge >= 0.3 is 0 Å². The number of aryl methyl sites for hydroxylation is 1. The fraction of sp³-hybridized carbons (Fsp3) is 0.533. The summed E-state index contributed by atoms with van der Waals surface area (Å²) in [6, 6.07) is 5.56. The highest BCUT2D eigenvalue weighted by atomic mass is 16.5. The lowest BCUT2D eigenvalue weighted by Gasteiger charge is -2.17. The number of benzene rings is 1. The van der Waals surface area contributed by atoms with E-state index >= 15 is 0 Å². The van der Waals surface area contributed by atoms with Crippen molar-refractivity contribution in [3.8, 4) is 5.75 Å². The third-order valence-corrected chi connectivity index (χ3v) is 3.77. The van der Waals surface area contributed by atoms with Crippen LogP contribution in [-0.2, 0) is 0 Å². The van der Waals surface area contributed by atoms with E-state index in [1.54, 1.807) is 13.2 Å². The summed E-state index contributed by atoms with van der Waals surface area (Å²) in [6.07, 6.45) is 1.76. The fourth-order valence-electron chi connectivity index (χ4n) is 2.57. The second kappa shape index (κ2) is 6.06. The van der Waals surface area contributed by atoms with Crippen LogP contribution in [0.1, 0.15) is 28.8 Å². The van der Waals surface area contributed by atoms with E-state index in [1.165, 1.54) is 0 Å². The summed E-state index contributed by atoms with van der Waals surface area (Å²) >= 11 is 0. The molecule has 1 fully saturated rings. The van der Waals surface area contributed by atoms with Crippen molar-refractivity contribution < 1.29 is 14.6 Å². The second-order valence-corrected chi connectivity index (χ2v) is 5.10. The van der Waals surface area contributed by atoms with Crippen molar-refractivity contribution in [3.05, 3.63) is 29.3 Å². The first-order valence-corrected chi connectivity index (χ1v) is 6.70. The Hall–Kier alpha value is -1.55. The SMILES string of the molecule is COc1cc(C(=O)N2CCC(CCO)C2)ccc1C. The van der Waals surface area contributed by atoms with Crippen molar-refractivity contribution in [2.75, 3.05) is 26.8 Å². The van der Waals surface area contributed by atoms with Gasteiger partial charge in [-0.15, -0.1) is 0 Å². The monoisotopic (exact) mass is 263 g/mol. The number of carbonyl (C=O) groups excluding carboxylic acids is 1. The molecule has 0 spiro atoms. The summed E-state index contributed by atoms with van der Waals surface area (Å²) in [5.74, 6) is 1.23. The number of amides is 1. The van der Waals surface area contributed by atoms with E-state index in [-0.39, 0.29) is 12.5 Å². The number of rotatable bonds is 4. The fourth-order valence-corrected chi connectivity index (χ4v) is 2.57. The molecule has 4 heteroatoms. The Kier molecular flexibility index (Phi) is 4.43. The highest BCUT2D eigenvalue weighted by Gasteiger charge is 2.26. The highest BCUT2D eigenvalue weighted by molar-refractivity contribution is 5.95. The first kappa shape index (κ1) is 13.9. The van der Waals surface area contributed by atoms with Crippen LogP contribution >= 0.6 is 0 Å². The maximum atomic E-state index is 12.4. The van der Waals surface area contributed by atoms with Gasteiger partial charge in [0.15, 0.2) is 0 Å². The molecule has 2 rings (SSSR count). The third kappa shape index (κ3) is 3.07. The van der Waals surface area contributed by atoms with Gasteiger partial charge in [-0.3, -0.25) is 4.79 Å². The van der Waals surface area contributed by atoms with E-state index in [1.807, 2.05) is 24.0 Å². The molecule has 0 saturated carbocycles. The van der Waals surface area contributed by atoms with Gasteiger partial charge < -0.3 is 14.7 Å². The number of hydrogen-bond donors (Lipinski definition) is 1. The summed E-state index contributed by atoms with van der Waals surface area (Å²) in [7, 11) is 1.61. The molecule has 0 aromatic heterocycles. The largest absolute Gasteiger partial charge is 0.496 e. The average Bonchev–Trinajstić information content (AvgIpc) is 2.87. The normalized spacial score (nSPS) is 18.7. The molecule has 19 heavy (non-hydrogen) atoms. The number of ether oxygens (including phenoxy) is 1. The molecule has 0 aliphatic carbocycles. The van der Waals surface area contributed by atoms with E-state index in [0.29, 0.717) is 11.5 Å². The zero-order valence-electron chi connectivity index (χ0n) is 11.6. The van der Waals surface area contributed by atoms with Crippen LogP contribution in [0.4, 0.5) is 0 Å². The van der Waals surface area contributed by atoms with Gasteiger partial charge in [-0.2, -0.15) is 0 Å². The van der Waals surface area contributed by atoms with Gasteiger partial charge in [0.25, 0.3) is 5.91 Å². The van der Waals surface area contributed by atoms with Gasteiger partial charge in [0.05, 0.1) is 7.11 Å². The Morgan fingerprint density at radius 1 is 1.53 bits per heavy atom. The van der Waals surface area contributed by atoms with E-state index in [0.717, 1.165) is 37.2 Å². The van der Waals surface area contributed by atoms with Crippen LogP contribution in [0, 0.1) is 12.8 Å². The van der Waals surface area contributed by atoms with Crippen molar-refractivity contribution >= 4 is 5.91 Å². The Bertz CT molecular complexity index is 459. The van der Waals surface area contributed by atoms with Crippen molar-refractivity contribution in [3.63, 3.8) is 0 Å². The lowest BCUT2D eigenvalue weighted by atomic mass is 10.1. The van der Waals surface area contributed by atoms with Crippen LogP contribution in [0.3, 0.4) is 0 Å².